The first-order valence-electron chi connectivity index (χ1n) is 11.3. The van der Waals surface area contributed by atoms with Crippen LogP contribution in [0, 0.1) is 11.3 Å². The van der Waals surface area contributed by atoms with E-state index in [4.69, 9.17) is 30.2 Å². The number of ether oxygens (including phenoxy) is 3. The molecule has 0 atom stereocenters. The Kier molecular flexibility index (Phi) is 6.39. The SMILES string of the molecule is COc1cc(-c2c(C#N)c(N)nc3sc(C(=O)c4c(=O)o[nH][n+]4-c4ccccc4)c(N)c23)cc(OC)c1OC. The highest BCUT2D eigenvalue weighted by atomic mass is 32.1. The van der Waals surface area contributed by atoms with Gasteiger partial charge in [-0.3, -0.25) is 9.32 Å². The molecule has 0 saturated heterocycles. The molecule has 5 rings (SSSR count). The molecule has 2 aromatic carbocycles. The largest absolute Gasteiger partial charge is 0.493 e. The van der Waals surface area contributed by atoms with Gasteiger partial charge in [0.25, 0.3) is 5.78 Å². The zero-order valence-corrected chi connectivity index (χ0v) is 21.7. The molecule has 196 valence electrons. The van der Waals surface area contributed by atoms with Gasteiger partial charge in [-0.15, -0.1) is 11.3 Å². The molecule has 5 aromatic rings. The number of pyridine rings is 1. The minimum Gasteiger partial charge on any atom is -0.493 e. The minimum absolute atomic E-state index is 0.0213. The molecular formula is C26H21N6O6S+. The quantitative estimate of drug-likeness (QED) is 0.203. The zero-order chi connectivity index (χ0) is 27.8. The highest BCUT2D eigenvalue weighted by Crippen LogP contribution is 2.47. The first kappa shape index (κ1) is 25.3. The van der Waals surface area contributed by atoms with Gasteiger partial charge < -0.3 is 25.7 Å². The van der Waals surface area contributed by atoms with Crippen LogP contribution < -0.4 is 36.0 Å². The Hall–Kier alpha value is -5.35. The summed E-state index contributed by atoms with van der Waals surface area (Å²) in [5.74, 6) is 0.257. The molecule has 0 bridgehead atoms. The smallest absolute Gasteiger partial charge is 0.439 e. The van der Waals surface area contributed by atoms with Crippen molar-refractivity contribution in [1.29, 1.82) is 5.26 Å². The Labute approximate surface area is 224 Å². The second-order valence-electron chi connectivity index (χ2n) is 8.13. The average Bonchev–Trinajstić information content (AvgIpc) is 3.50. The van der Waals surface area contributed by atoms with Crippen molar-refractivity contribution in [1.82, 2.24) is 10.3 Å². The number of aromatic amines is 1. The standard InChI is InChI=1S/C26H20N6O6S/c1-35-15-9-12(10-16(36-2)22(15)37-3)17-14(11-27)24(29)30-25-18(17)19(28)23(39-25)21(33)20-26(34)38-31-32(20)13-7-5-4-6-8-13/h4-10H,1-3H3,(H4-,28,29,30,31,33,34)/p+1. The topological polar surface area (TPSA) is 183 Å². The van der Waals surface area contributed by atoms with Gasteiger partial charge in [-0.2, -0.15) is 5.26 Å². The summed E-state index contributed by atoms with van der Waals surface area (Å²) in [4.78, 5) is 31.0. The molecule has 0 aliphatic heterocycles. The number of anilines is 2. The summed E-state index contributed by atoms with van der Waals surface area (Å²) in [6, 6.07) is 14.0. The van der Waals surface area contributed by atoms with Crippen molar-refractivity contribution in [2.75, 3.05) is 32.8 Å². The van der Waals surface area contributed by atoms with Gasteiger partial charge in [-0.25, -0.2) is 9.78 Å². The van der Waals surface area contributed by atoms with Gasteiger partial charge in [0.15, 0.2) is 11.5 Å². The average molecular weight is 546 g/mol. The van der Waals surface area contributed by atoms with Crippen LogP contribution in [-0.2, 0) is 0 Å². The van der Waals surface area contributed by atoms with E-state index in [0.29, 0.717) is 44.3 Å². The number of benzene rings is 2. The van der Waals surface area contributed by atoms with Crippen molar-refractivity contribution in [3.8, 4) is 40.1 Å². The number of carbonyl (C=O) groups excluding carboxylic acids is 1. The maximum absolute atomic E-state index is 13.7. The Bertz CT molecular complexity index is 1830. The number of aromatic nitrogens is 3. The number of nitrogens with two attached hydrogens (primary N) is 2. The fraction of sp³-hybridized carbons (Fsp3) is 0.115. The maximum atomic E-state index is 13.7. The van der Waals surface area contributed by atoms with E-state index >= 15 is 0 Å². The van der Waals surface area contributed by atoms with Crippen LogP contribution in [0.15, 0.2) is 51.8 Å². The summed E-state index contributed by atoms with van der Waals surface area (Å²) >= 11 is 0.943. The number of nitriles is 1. The first-order valence-corrected chi connectivity index (χ1v) is 12.1. The van der Waals surface area contributed by atoms with Crippen molar-refractivity contribution in [3.63, 3.8) is 0 Å². The minimum atomic E-state index is -0.879. The van der Waals surface area contributed by atoms with Crippen LogP contribution in [0.2, 0.25) is 0 Å². The molecule has 12 nitrogen and oxygen atoms in total. The zero-order valence-electron chi connectivity index (χ0n) is 20.9. The monoisotopic (exact) mass is 545 g/mol. The van der Waals surface area contributed by atoms with E-state index in [2.05, 4.69) is 16.3 Å². The van der Waals surface area contributed by atoms with Crippen molar-refractivity contribution < 1.29 is 28.2 Å². The summed E-state index contributed by atoms with van der Waals surface area (Å²) in [6.07, 6.45) is 0. The summed E-state index contributed by atoms with van der Waals surface area (Å²) < 4.78 is 22.5. The first-order chi connectivity index (χ1) is 18.8. The molecule has 0 aliphatic rings. The highest BCUT2D eigenvalue weighted by molar-refractivity contribution is 7.21. The highest BCUT2D eigenvalue weighted by Gasteiger charge is 2.35. The van der Waals surface area contributed by atoms with E-state index in [1.165, 1.54) is 26.0 Å². The van der Waals surface area contributed by atoms with Gasteiger partial charge in [-0.1, -0.05) is 18.2 Å². The number of nitrogens with one attached hydrogen (secondary N) is 1. The number of hydrogen-bond acceptors (Lipinski definition) is 11. The van der Waals surface area contributed by atoms with E-state index in [9.17, 15) is 14.9 Å². The Morgan fingerprint density at radius 3 is 2.36 bits per heavy atom. The second-order valence-corrected chi connectivity index (χ2v) is 9.13. The third-order valence-corrected chi connectivity index (χ3v) is 7.15. The molecule has 0 unspecified atom stereocenters. The second kappa shape index (κ2) is 9.84. The number of H-pyrrole nitrogens is 1. The van der Waals surface area contributed by atoms with E-state index < -0.39 is 11.4 Å². The number of carbonyl (C=O) groups is 1. The summed E-state index contributed by atoms with van der Waals surface area (Å²) in [7, 11) is 4.39. The number of nitrogens with zero attached hydrogens (tertiary/aromatic N) is 3. The fourth-order valence-electron chi connectivity index (χ4n) is 4.30. The van der Waals surface area contributed by atoms with Crippen molar-refractivity contribution in [2.24, 2.45) is 0 Å². The summed E-state index contributed by atoms with van der Waals surface area (Å²) in [5, 5.41) is 12.8. The molecule has 0 amide bonds. The van der Waals surface area contributed by atoms with Gasteiger partial charge >= 0.3 is 11.3 Å². The maximum Gasteiger partial charge on any atom is 0.439 e. The molecule has 3 aromatic heterocycles. The third-order valence-electron chi connectivity index (χ3n) is 6.05. The number of methoxy groups -OCH3 is 3. The number of thiophene rings is 1. The van der Waals surface area contributed by atoms with Gasteiger partial charge in [-0.05, 0) is 27.6 Å². The van der Waals surface area contributed by atoms with Gasteiger partial charge in [0.2, 0.25) is 11.4 Å². The molecule has 0 fully saturated rings. The molecule has 39 heavy (non-hydrogen) atoms. The lowest BCUT2D eigenvalue weighted by molar-refractivity contribution is -0.672. The van der Waals surface area contributed by atoms with Crippen LogP contribution in [0.5, 0.6) is 17.2 Å². The number of para-hydroxylation sites is 1. The third kappa shape index (κ3) is 3.99. The van der Waals surface area contributed by atoms with Crippen LogP contribution >= 0.6 is 11.3 Å². The molecule has 0 saturated carbocycles. The molecule has 5 N–H and O–H groups in total. The van der Waals surface area contributed by atoms with Crippen molar-refractivity contribution >= 4 is 38.8 Å². The van der Waals surface area contributed by atoms with Gasteiger partial charge in [0.05, 0.1) is 27.0 Å². The number of nitrogen functional groups attached to an aromatic ring is 2. The van der Waals surface area contributed by atoms with Crippen LogP contribution in [0.3, 0.4) is 0 Å². The van der Waals surface area contributed by atoms with E-state index in [-0.39, 0.29) is 27.6 Å². The summed E-state index contributed by atoms with van der Waals surface area (Å²) in [5.41, 5.74) is 12.9. The molecule has 0 radical (unpaired) electrons. The Morgan fingerprint density at radius 1 is 1.10 bits per heavy atom. The van der Waals surface area contributed by atoms with Crippen LogP contribution in [0.1, 0.15) is 20.9 Å². The fourth-order valence-corrected chi connectivity index (χ4v) is 5.35. The van der Waals surface area contributed by atoms with E-state index in [1.807, 2.05) is 0 Å². The number of ketones is 1. The summed E-state index contributed by atoms with van der Waals surface area (Å²) in [6.45, 7) is 0. The van der Waals surface area contributed by atoms with E-state index in [1.54, 1.807) is 42.5 Å². The molecule has 13 heteroatoms. The molecular weight excluding hydrogens is 524 g/mol. The normalized spacial score (nSPS) is 10.8. The number of hydrogen-bond donors (Lipinski definition) is 3. The number of fused-ring (bicyclic) bond motifs is 1. The van der Waals surface area contributed by atoms with Crippen LogP contribution in [0.4, 0.5) is 11.5 Å². The van der Waals surface area contributed by atoms with Crippen molar-refractivity contribution in [2.45, 2.75) is 0 Å². The predicted octanol–water partition coefficient (Wildman–Crippen LogP) is 2.81. The van der Waals surface area contributed by atoms with Crippen LogP contribution in [-0.4, -0.2) is 37.4 Å². The van der Waals surface area contributed by atoms with Gasteiger partial charge in [0.1, 0.15) is 27.2 Å². The molecule has 0 aliphatic carbocycles. The lowest BCUT2D eigenvalue weighted by Crippen LogP contribution is -2.41. The number of rotatable bonds is 7. The molecule has 3 heterocycles. The van der Waals surface area contributed by atoms with Crippen LogP contribution in [0.25, 0.3) is 27.0 Å². The predicted molar refractivity (Wildman–Crippen MR) is 143 cm³/mol. The lowest BCUT2D eigenvalue weighted by Gasteiger charge is -2.16. The Balaban J connectivity index is 1.79. The van der Waals surface area contributed by atoms with E-state index in [0.717, 1.165) is 11.3 Å². The van der Waals surface area contributed by atoms with Gasteiger partial charge in [0, 0.05) is 23.1 Å². The Morgan fingerprint density at radius 2 is 1.77 bits per heavy atom. The molecule has 0 spiro atoms. The van der Waals surface area contributed by atoms with Crippen molar-refractivity contribution in [3.05, 3.63) is 69.0 Å². The lowest BCUT2D eigenvalue weighted by atomic mass is 9.96.